The molecule has 1 aromatic rings. The lowest BCUT2D eigenvalue weighted by Crippen LogP contribution is -2.34. The normalized spacial score (nSPS) is 32.3. The van der Waals surface area contributed by atoms with Crippen molar-refractivity contribution in [2.24, 2.45) is 16.7 Å². The molecular weight excluding hydrogens is 284 g/mol. The van der Waals surface area contributed by atoms with Gasteiger partial charge in [0.2, 0.25) is 0 Å². The van der Waals surface area contributed by atoms with Crippen LogP contribution in [0.5, 0.6) is 0 Å². The summed E-state index contributed by atoms with van der Waals surface area (Å²) in [5.41, 5.74) is 3.26. The fraction of sp³-hybridized carbons (Fsp3) is 0.667. The molecule has 23 heavy (non-hydrogen) atoms. The van der Waals surface area contributed by atoms with Gasteiger partial charge in [0, 0.05) is 0 Å². The molecule has 0 aliphatic heterocycles. The molecule has 2 nitrogen and oxygen atoms in total. The largest absolute Gasteiger partial charge is 0.478 e. The van der Waals surface area contributed by atoms with Crippen LogP contribution in [0, 0.1) is 16.7 Å². The van der Waals surface area contributed by atoms with E-state index in [1.54, 1.807) is 0 Å². The highest BCUT2D eigenvalue weighted by atomic mass is 16.4. The Bertz CT molecular complexity index is 646. The Kier molecular flexibility index (Phi) is 3.48. The van der Waals surface area contributed by atoms with Crippen molar-refractivity contribution in [3.63, 3.8) is 0 Å². The Labute approximate surface area is 140 Å². The Balaban J connectivity index is 2.20. The van der Waals surface area contributed by atoms with E-state index in [-0.39, 0.29) is 16.2 Å². The molecule has 0 spiro atoms. The van der Waals surface area contributed by atoms with Crippen molar-refractivity contribution in [2.45, 2.75) is 72.1 Å². The lowest BCUT2D eigenvalue weighted by molar-refractivity contribution is 0.0689. The molecule has 0 unspecified atom stereocenters. The summed E-state index contributed by atoms with van der Waals surface area (Å²) in [5, 5.41) is 9.74. The van der Waals surface area contributed by atoms with Gasteiger partial charge >= 0.3 is 5.97 Å². The second kappa shape index (κ2) is 4.84. The third kappa shape index (κ3) is 2.42. The number of carboxylic acid groups (broad SMARTS) is 1. The Morgan fingerprint density at radius 3 is 2.35 bits per heavy atom. The highest BCUT2D eigenvalue weighted by Gasteiger charge is 2.60. The molecule has 2 aliphatic rings. The molecule has 1 N–H and O–H groups in total. The second-order valence-corrected chi connectivity index (χ2v) is 9.71. The van der Waals surface area contributed by atoms with Crippen molar-refractivity contribution in [2.75, 3.05) is 0 Å². The molecule has 2 heteroatoms. The first-order valence-electron chi connectivity index (χ1n) is 8.84. The van der Waals surface area contributed by atoms with E-state index in [0.29, 0.717) is 11.5 Å². The molecule has 0 heterocycles. The van der Waals surface area contributed by atoms with Crippen LogP contribution in [0.15, 0.2) is 18.2 Å². The van der Waals surface area contributed by atoms with Crippen molar-refractivity contribution >= 4 is 5.97 Å². The van der Waals surface area contributed by atoms with Gasteiger partial charge in [-0.15, -0.1) is 0 Å². The molecule has 3 atom stereocenters. The molecule has 2 saturated carbocycles. The van der Waals surface area contributed by atoms with Gasteiger partial charge in [-0.1, -0.05) is 53.7 Å². The van der Waals surface area contributed by atoms with Gasteiger partial charge in [-0.3, -0.25) is 0 Å². The maximum atomic E-state index is 11.9. The predicted octanol–water partition coefficient (Wildman–Crippen LogP) is 5.61. The summed E-state index contributed by atoms with van der Waals surface area (Å²) in [7, 11) is 0. The summed E-state index contributed by atoms with van der Waals surface area (Å²) >= 11 is 0. The molecule has 3 rings (SSSR count). The minimum Gasteiger partial charge on any atom is -0.478 e. The molecule has 2 aliphatic carbocycles. The monoisotopic (exact) mass is 314 g/mol. The molecule has 2 fully saturated rings. The van der Waals surface area contributed by atoms with E-state index in [9.17, 15) is 9.90 Å². The minimum absolute atomic E-state index is 0.0362. The van der Waals surface area contributed by atoms with Crippen LogP contribution in [0.25, 0.3) is 0 Å². The third-order valence-electron chi connectivity index (χ3n) is 6.73. The van der Waals surface area contributed by atoms with E-state index < -0.39 is 5.97 Å². The smallest absolute Gasteiger partial charge is 0.335 e. The zero-order chi connectivity index (χ0) is 17.2. The van der Waals surface area contributed by atoms with Gasteiger partial charge in [-0.05, 0) is 64.5 Å². The van der Waals surface area contributed by atoms with Crippen LogP contribution in [-0.4, -0.2) is 11.1 Å². The number of hydrogen-bond donors (Lipinski definition) is 1. The van der Waals surface area contributed by atoms with Crippen molar-refractivity contribution in [3.8, 4) is 0 Å². The van der Waals surface area contributed by atoms with E-state index in [1.807, 2.05) is 12.1 Å². The van der Waals surface area contributed by atoms with E-state index in [0.717, 1.165) is 11.5 Å². The molecule has 2 bridgehead atoms. The van der Waals surface area contributed by atoms with Crippen LogP contribution in [0.2, 0.25) is 0 Å². The maximum absolute atomic E-state index is 11.9. The van der Waals surface area contributed by atoms with E-state index >= 15 is 0 Å². The minimum atomic E-state index is -0.789. The lowest BCUT2D eigenvalue weighted by Gasteiger charge is -2.44. The van der Waals surface area contributed by atoms with Gasteiger partial charge in [0.1, 0.15) is 0 Å². The summed E-state index contributed by atoms with van der Waals surface area (Å²) in [4.78, 5) is 11.9. The number of carboxylic acids is 1. The van der Waals surface area contributed by atoms with Gasteiger partial charge in [-0.2, -0.15) is 0 Å². The number of carbonyl (C=O) groups is 1. The van der Waals surface area contributed by atoms with E-state index in [2.05, 4.69) is 47.6 Å². The summed E-state index contributed by atoms with van der Waals surface area (Å²) in [6, 6.07) is 6.03. The molecule has 0 saturated heterocycles. The summed E-state index contributed by atoms with van der Waals surface area (Å²) in [5.74, 6) is 0.266. The Morgan fingerprint density at radius 1 is 1.22 bits per heavy atom. The first kappa shape index (κ1) is 16.5. The van der Waals surface area contributed by atoms with E-state index in [4.69, 9.17) is 0 Å². The van der Waals surface area contributed by atoms with E-state index in [1.165, 1.54) is 24.8 Å². The van der Waals surface area contributed by atoms with Crippen molar-refractivity contribution < 1.29 is 9.90 Å². The standard InChI is InChI=1S/C21H30O2/c1-19(2,3)13-7-8-15(18(22)23)16(11-13)17-20(4,5)14-9-10-21(17,6)12-14/h7-8,11,14,17H,9-10,12H2,1-6H3,(H,22,23)/t14-,17-,21-/m0/s1. The predicted molar refractivity (Wildman–Crippen MR) is 94.1 cm³/mol. The lowest BCUT2D eigenvalue weighted by atomic mass is 9.60. The topological polar surface area (TPSA) is 37.3 Å². The molecule has 1 aromatic carbocycles. The summed E-state index contributed by atoms with van der Waals surface area (Å²) < 4.78 is 0. The average Bonchev–Trinajstić information content (AvgIpc) is 2.88. The molecule has 126 valence electrons. The molecule has 0 radical (unpaired) electrons. The quantitative estimate of drug-likeness (QED) is 0.770. The van der Waals surface area contributed by atoms with Crippen LogP contribution in [0.3, 0.4) is 0 Å². The fourth-order valence-corrected chi connectivity index (χ4v) is 5.54. The van der Waals surface area contributed by atoms with Gasteiger partial charge < -0.3 is 5.11 Å². The van der Waals surface area contributed by atoms with Crippen LogP contribution in [-0.2, 0) is 5.41 Å². The average molecular weight is 314 g/mol. The zero-order valence-electron chi connectivity index (χ0n) is 15.4. The van der Waals surface area contributed by atoms with Crippen LogP contribution in [0.1, 0.15) is 88.2 Å². The molecular formula is C21H30O2. The Hall–Kier alpha value is -1.31. The zero-order valence-corrected chi connectivity index (χ0v) is 15.4. The number of rotatable bonds is 2. The molecule has 0 amide bonds. The third-order valence-corrected chi connectivity index (χ3v) is 6.73. The second-order valence-electron chi connectivity index (χ2n) is 9.71. The number of hydrogen-bond acceptors (Lipinski definition) is 1. The van der Waals surface area contributed by atoms with Gasteiger partial charge in [0.15, 0.2) is 0 Å². The van der Waals surface area contributed by atoms with Crippen LogP contribution >= 0.6 is 0 Å². The SMILES string of the molecule is CC(C)(C)c1ccc(C(=O)O)c([C@H]2C(C)(C)[C@H]3CC[C@@]2(C)C3)c1. The van der Waals surface area contributed by atoms with Crippen molar-refractivity contribution in [1.29, 1.82) is 0 Å². The first-order valence-corrected chi connectivity index (χ1v) is 8.84. The first-order chi connectivity index (χ1) is 10.5. The number of aromatic carboxylic acids is 1. The van der Waals surface area contributed by atoms with Gasteiger partial charge in [0.05, 0.1) is 5.56 Å². The van der Waals surface area contributed by atoms with Crippen LogP contribution in [0.4, 0.5) is 0 Å². The molecule has 0 aromatic heterocycles. The number of benzene rings is 1. The van der Waals surface area contributed by atoms with Crippen molar-refractivity contribution in [3.05, 3.63) is 34.9 Å². The maximum Gasteiger partial charge on any atom is 0.335 e. The fourth-order valence-electron chi connectivity index (χ4n) is 5.54. The van der Waals surface area contributed by atoms with Gasteiger partial charge in [-0.25, -0.2) is 4.79 Å². The van der Waals surface area contributed by atoms with Crippen LogP contribution < -0.4 is 0 Å². The van der Waals surface area contributed by atoms with Gasteiger partial charge in [0.25, 0.3) is 0 Å². The number of fused-ring (bicyclic) bond motifs is 2. The van der Waals surface area contributed by atoms with Crippen molar-refractivity contribution in [1.82, 2.24) is 0 Å². The summed E-state index contributed by atoms with van der Waals surface area (Å²) in [6.45, 7) is 13.7. The highest BCUT2D eigenvalue weighted by molar-refractivity contribution is 5.90. The Morgan fingerprint density at radius 2 is 1.87 bits per heavy atom. The summed E-state index contributed by atoms with van der Waals surface area (Å²) in [6.07, 6.45) is 3.76. The highest BCUT2D eigenvalue weighted by Crippen LogP contribution is 2.70.